The highest BCUT2D eigenvalue weighted by molar-refractivity contribution is 5.95. The van der Waals surface area contributed by atoms with Crippen LogP contribution in [0.25, 0.3) is 0 Å². The number of likely N-dealkylation sites (tertiary alicyclic amines) is 2. The summed E-state index contributed by atoms with van der Waals surface area (Å²) >= 11 is 0. The van der Waals surface area contributed by atoms with Crippen LogP contribution in [-0.2, 0) is 4.79 Å². The van der Waals surface area contributed by atoms with E-state index >= 15 is 0 Å². The lowest BCUT2D eigenvalue weighted by Gasteiger charge is -2.39. The van der Waals surface area contributed by atoms with Crippen molar-refractivity contribution in [3.05, 3.63) is 17.5 Å². The maximum absolute atomic E-state index is 13.3. The molecule has 29 heavy (non-hydrogen) atoms. The van der Waals surface area contributed by atoms with Crippen LogP contribution in [0.3, 0.4) is 0 Å². The van der Waals surface area contributed by atoms with E-state index in [9.17, 15) is 9.59 Å². The Bertz CT molecular complexity index is 706. The van der Waals surface area contributed by atoms with Crippen molar-refractivity contribution in [3.8, 4) is 0 Å². The van der Waals surface area contributed by atoms with Gasteiger partial charge in [0.05, 0.1) is 17.5 Å². The van der Waals surface area contributed by atoms with Gasteiger partial charge in [-0.1, -0.05) is 19.3 Å². The summed E-state index contributed by atoms with van der Waals surface area (Å²) in [6.45, 7) is 5.90. The second-order valence-corrected chi connectivity index (χ2v) is 9.47. The van der Waals surface area contributed by atoms with Gasteiger partial charge in [0.15, 0.2) is 0 Å². The molecule has 1 aromatic rings. The van der Waals surface area contributed by atoms with Crippen LogP contribution < -0.4 is 0 Å². The first kappa shape index (κ1) is 20.4. The highest BCUT2D eigenvalue weighted by Crippen LogP contribution is 2.33. The predicted molar refractivity (Wildman–Crippen MR) is 113 cm³/mol. The predicted octanol–water partition coefficient (Wildman–Crippen LogP) is 4.10. The van der Waals surface area contributed by atoms with Crippen LogP contribution in [0.5, 0.6) is 0 Å². The van der Waals surface area contributed by atoms with Gasteiger partial charge in [-0.2, -0.15) is 5.10 Å². The minimum absolute atomic E-state index is 0.120. The number of nitrogens with one attached hydrogen (secondary N) is 1. The number of hydrogen-bond donors (Lipinski definition) is 1. The van der Waals surface area contributed by atoms with Crippen LogP contribution in [0, 0.1) is 5.92 Å². The zero-order valence-corrected chi connectivity index (χ0v) is 18.0. The van der Waals surface area contributed by atoms with Gasteiger partial charge in [-0.15, -0.1) is 0 Å². The fourth-order valence-corrected chi connectivity index (χ4v) is 5.73. The molecule has 3 aliphatic rings. The summed E-state index contributed by atoms with van der Waals surface area (Å²) in [5.74, 6) is 1.00. The number of aromatic nitrogens is 2. The minimum Gasteiger partial charge on any atom is -0.342 e. The Labute approximate surface area is 174 Å². The first-order chi connectivity index (χ1) is 14.1. The lowest BCUT2D eigenvalue weighted by atomic mass is 9.86. The monoisotopic (exact) mass is 400 g/mol. The number of amides is 2. The average Bonchev–Trinajstić information content (AvgIpc) is 3.24. The van der Waals surface area contributed by atoms with Gasteiger partial charge < -0.3 is 9.80 Å². The summed E-state index contributed by atoms with van der Waals surface area (Å²) in [6.07, 6.45) is 12.7. The van der Waals surface area contributed by atoms with Gasteiger partial charge in [-0.3, -0.25) is 14.7 Å². The van der Waals surface area contributed by atoms with Crippen LogP contribution in [-0.4, -0.2) is 57.0 Å². The Morgan fingerprint density at radius 1 is 0.931 bits per heavy atom. The summed E-state index contributed by atoms with van der Waals surface area (Å²) in [6, 6.07) is 0.563. The maximum atomic E-state index is 13.3. The zero-order valence-electron chi connectivity index (χ0n) is 18.0. The molecule has 2 amide bonds. The van der Waals surface area contributed by atoms with Crippen molar-refractivity contribution in [3.63, 3.8) is 0 Å². The van der Waals surface area contributed by atoms with E-state index in [1.165, 1.54) is 25.7 Å². The second-order valence-electron chi connectivity index (χ2n) is 9.47. The van der Waals surface area contributed by atoms with Crippen LogP contribution in [0.4, 0.5) is 0 Å². The lowest BCUT2D eigenvalue weighted by Crippen LogP contribution is -2.47. The molecule has 0 bridgehead atoms. The third-order valence-electron chi connectivity index (χ3n) is 7.50. The highest BCUT2D eigenvalue weighted by atomic mass is 16.2. The lowest BCUT2D eigenvalue weighted by molar-refractivity contribution is -0.137. The topological polar surface area (TPSA) is 69.3 Å². The molecule has 2 atom stereocenters. The zero-order chi connectivity index (χ0) is 20.4. The number of piperidine rings is 2. The Morgan fingerprint density at radius 3 is 2.24 bits per heavy atom. The van der Waals surface area contributed by atoms with Gasteiger partial charge in [0.25, 0.3) is 5.91 Å². The molecule has 0 aromatic carbocycles. The van der Waals surface area contributed by atoms with E-state index in [1.54, 1.807) is 6.20 Å². The Kier molecular flexibility index (Phi) is 6.26. The molecule has 1 saturated carbocycles. The van der Waals surface area contributed by atoms with Crippen molar-refractivity contribution in [1.82, 2.24) is 20.0 Å². The minimum atomic E-state index is 0.120. The van der Waals surface area contributed by atoms with E-state index < -0.39 is 0 Å². The third-order valence-corrected chi connectivity index (χ3v) is 7.50. The normalized spacial score (nSPS) is 27.2. The molecule has 3 heterocycles. The number of carbonyl (C=O) groups is 2. The van der Waals surface area contributed by atoms with Gasteiger partial charge in [0.1, 0.15) is 0 Å². The molecule has 1 aromatic heterocycles. The van der Waals surface area contributed by atoms with Gasteiger partial charge in [-0.05, 0) is 58.8 Å². The summed E-state index contributed by atoms with van der Waals surface area (Å²) in [5.41, 5.74) is 1.72. The molecule has 2 aliphatic heterocycles. The molecule has 1 aliphatic carbocycles. The van der Waals surface area contributed by atoms with Crippen molar-refractivity contribution >= 4 is 11.8 Å². The van der Waals surface area contributed by atoms with Gasteiger partial charge in [0.2, 0.25) is 5.91 Å². The molecular weight excluding hydrogens is 364 g/mol. The number of carbonyl (C=O) groups excluding carboxylic acids is 2. The number of hydrogen-bond acceptors (Lipinski definition) is 3. The van der Waals surface area contributed by atoms with Crippen molar-refractivity contribution < 1.29 is 9.59 Å². The summed E-state index contributed by atoms with van der Waals surface area (Å²) < 4.78 is 0. The molecule has 0 radical (unpaired) electrons. The fraction of sp³-hybridized carbons (Fsp3) is 0.783. The number of H-pyrrole nitrogens is 1. The molecule has 2 unspecified atom stereocenters. The number of nitrogens with zero attached hydrogens (tertiary/aromatic N) is 3. The van der Waals surface area contributed by atoms with Crippen molar-refractivity contribution in [1.29, 1.82) is 0 Å². The molecule has 4 rings (SSSR count). The van der Waals surface area contributed by atoms with Crippen LogP contribution in [0.2, 0.25) is 0 Å². The first-order valence-electron chi connectivity index (χ1n) is 11.7. The quantitative estimate of drug-likeness (QED) is 0.830. The second kappa shape index (κ2) is 8.88. The SMILES string of the molecule is CC1CCCC(C)N1C(=O)c1cn[nH]c1C1CCN(C(=O)C2CCCCC2)CC1. The van der Waals surface area contributed by atoms with Crippen molar-refractivity contribution in [2.24, 2.45) is 5.92 Å². The van der Waals surface area contributed by atoms with E-state index in [-0.39, 0.29) is 29.8 Å². The first-order valence-corrected chi connectivity index (χ1v) is 11.7. The van der Waals surface area contributed by atoms with E-state index in [2.05, 4.69) is 33.8 Å². The maximum Gasteiger partial charge on any atom is 0.257 e. The molecule has 2 saturated heterocycles. The van der Waals surface area contributed by atoms with E-state index in [0.29, 0.717) is 5.91 Å². The Hall–Kier alpha value is -1.85. The molecule has 3 fully saturated rings. The van der Waals surface area contributed by atoms with E-state index in [1.807, 2.05) is 0 Å². The summed E-state index contributed by atoms with van der Waals surface area (Å²) in [7, 11) is 0. The summed E-state index contributed by atoms with van der Waals surface area (Å²) in [4.78, 5) is 30.3. The fourth-order valence-electron chi connectivity index (χ4n) is 5.73. The van der Waals surface area contributed by atoms with E-state index in [4.69, 9.17) is 0 Å². The van der Waals surface area contributed by atoms with Crippen LogP contribution >= 0.6 is 0 Å². The van der Waals surface area contributed by atoms with Gasteiger partial charge in [0, 0.05) is 37.0 Å². The van der Waals surface area contributed by atoms with Crippen LogP contribution in [0.15, 0.2) is 6.20 Å². The molecule has 1 N–H and O–H groups in total. The highest BCUT2D eigenvalue weighted by Gasteiger charge is 2.35. The Balaban J connectivity index is 1.40. The average molecular weight is 401 g/mol. The Morgan fingerprint density at radius 2 is 1.59 bits per heavy atom. The molecule has 0 spiro atoms. The third kappa shape index (κ3) is 4.22. The standard InChI is InChI=1S/C23H36N4O2/c1-16-7-6-8-17(2)27(16)23(29)20-15-24-25-21(20)18-11-13-26(14-12-18)22(28)19-9-4-3-5-10-19/h15-19H,3-14H2,1-2H3,(H,24,25). The summed E-state index contributed by atoms with van der Waals surface area (Å²) in [5, 5.41) is 7.37. The number of aromatic amines is 1. The van der Waals surface area contributed by atoms with E-state index in [0.717, 1.165) is 62.9 Å². The molecule has 6 heteroatoms. The van der Waals surface area contributed by atoms with Crippen molar-refractivity contribution in [2.75, 3.05) is 13.1 Å². The molecule has 160 valence electrons. The number of rotatable bonds is 3. The van der Waals surface area contributed by atoms with Crippen molar-refractivity contribution in [2.45, 2.75) is 96.1 Å². The largest absolute Gasteiger partial charge is 0.342 e. The van der Waals surface area contributed by atoms with Gasteiger partial charge >= 0.3 is 0 Å². The van der Waals surface area contributed by atoms with Crippen LogP contribution in [0.1, 0.15) is 100 Å². The van der Waals surface area contributed by atoms with Gasteiger partial charge in [-0.25, -0.2) is 0 Å². The molecular formula is C23H36N4O2. The smallest absolute Gasteiger partial charge is 0.257 e. The molecule has 6 nitrogen and oxygen atoms in total.